The fourth-order valence-corrected chi connectivity index (χ4v) is 3.36. The van der Waals surface area contributed by atoms with Gasteiger partial charge < -0.3 is 5.32 Å². The maximum Gasteiger partial charge on any atom is 0.123 e. The number of hydrogen-bond donors (Lipinski definition) is 1. The minimum Gasteiger partial charge on any atom is -0.319 e. The predicted octanol–water partition coefficient (Wildman–Crippen LogP) is 2.92. The summed E-state index contributed by atoms with van der Waals surface area (Å²) in [5.74, 6) is 0.555. The van der Waals surface area contributed by atoms with Gasteiger partial charge in [-0.1, -0.05) is 12.1 Å². The molecular weight excluding hydrogens is 327 g/mol. The van der Waals surface area contributed by atoms with Gasteiger partial charge >= 0.3 is 0 Å². The highest BCUT2D eigenvalue weighted by Gasteiger charge is 2.19. The van der Waals surface area contributed by atoms with E-state index >= 15 is 0 Å². The van der Waals surface area contributed by atoms with Gasteiger partial charge in [0.25, 0.3) is 0 Å². The van der Waals surface area contributed by atoms with Gasteiger partial charge in [-0.2, -0.15) is 5.10 Å². The second-order valence-electron chi connectivity index (χ2n) is 6.47. The Morgan fingerprint density at radius 3 is 2.75 bits per heavy atom. The Morgan fingerprint density at radius 1 is 1.21 bits per heavy atom. The molecule has 0 radical (unpaired) electrons. The third-order valence-electron chi connectivity index (χ3n) is 4.45. The molecule has 1 unspecified atom stereocenters. The normalized spacial score (nSPS) is 18.3. The summed E-state index contributed by atoms with van der Waals surface area (Å²) in [5, 5.41) is 7.73. The average Bonchev–Trinajstić information content (AvgIpc) is 2.97. The lowest BCUT2D eigenvalue weighted by molar-refractivity contribution is 0.167. The van der Waals surface area contributed by atoms with E-state index in [1.54, 1.807) is 0 Å². The first-order valence-electron chi connectivity index (χ1n) is 8.35. The quantitative estimate of drug-likeness (QED) is 0.867. The summed E-state index contributed by atoms with van der Waals surface area (Å²) in [5.41, 5.74) is 2.31. The van der Waals surface area contributed by atoms with Crippen molar-refractivity contribution >= 4 is 12.4 Å². The molecule has 1 N–H and O–H groups in total. The molecule has 1 aliphatic heterocycles. The van der Waals surface area contributed by atoms with Crippen LogP contribution in [0.5, 0.6) is 0 Å². The molecule has 1 aliphatic rings. The Kier molecular flexibility index (Phi) is 7.21. The van der Waals surface area contributed by atoms with E-state index in [-0.39, 0.29) is 18.2 Å². The molecule has 6 heteroatoms. The predicted molar refractivity (Wildman–Crippen MR) is 96.9 cm³/mol. The fraction of sp³-hybridized carbons (Fsp3) is 0.500. The molecule has 0 bridgehead atoms. The van der Waals surface area contributed by atoms with Crippen molar-refractivity contribution < 1.29 is 4.39 Å². The van der Waals surface area contributed by atoms with E-state index in [1.807, 2.05) is 30.1 Å². The maximum absolute atomic E-state index is 12.9. The first-order valence-corrected chi connectivity index (χ1v) is 8.35. The average molecular weight is 353 g/mol. The van der Waals surface area contributed by atoms with E-state index < -0.39 is 0 Å². The molecule has 132 valence electrons. The molecule has 3 rings (SSSR count). The fourth-order valence-electron chi connectivity index (χ4n) is 3.36. The second-order valence-corrected chi connectivity index (χ2v) is 6.47. The number of likely N-dealkylation sites (tertiary alicyclic amines) is 1. The number of rotatable bonds is 6. The van der Waals surface area contributed by atoms with Gasteiger partial charge in [0.05, 0.1) is 12.7 Å². The zero-order valence-corrected chi connectivity index (χ0v) is 14.9. The van der Waals surface area contributed by atoms with Crippen LogP contribution in [0.3, 0.4) is 0 Å². The highest BCUT2D eigenvalue weighted by atomic mass is 35.5. The second kappa shape index (κ2) is 9.16. The van der Waals surface area contributed by atoms with E-state index in [4.69, 9.17) is 0 Å². The van der Waals surface area contributed by atoms with Crippen molar-refractivity contribution in [2.24, 2.45) is 5.92 Å². The third-order valence-corrected chi connectivity index (χ3v) is 4.45. The molecule has 0 saturated carbocycles. The Balaban J connectivity index is 0.00000208. The molecular formula is C18H26ClFN4. The van der Waals surface area contributed by atoms with E-state index in [1.165, 1.54) is 37.1 Å². The lowest BCUT2D eigenvalue weighted by atomic mass is 9.98. The van der Waals surface area contributed by atoms with Crippen molar-refractivity contribution in [3.05, 3.63) is 53.6 Å². The molecule has 1 saturated heterocycles. The number of nitrogens with zero attached hydrogens (tertiary/aromatic N) is 3. The first kappa shape index (κ1) is 18.9. The standard InChI is InChI=1S/C18H25FN4.ClH/c1-20-9-16-3-2-8-22(11-16)12-17-10-21-23(14-17)13-15-4-6-18(19)7-5-15;/h4-7,10,14,16,20H,2-3,8-9,11-13H2,1H3;1H. The SMILES string of the molecule is CNCC1CCCN(Cc2cnn(Cc3ccc(F)cc3)c2)C1.Cl. The van der Waals surface area contributed by atoms with Crippen LogP contribution in [-0.2, 0) is 13.1 Å². The van der Waals surface area contributed by atoms with Crippen LogP contribution in [-0.4, -0.2) is 41.4 Å². The first-order chi connectivity index (χ1) is 11.2. The summed E-state index contributed by atoms with van der Waals surface area (Å²) in [6, 6.07) is 6.61. The van der Waals surface area contributed by atoms with Crippen LogP contribution in [0, 0.1) is 11.7 Å². The van der Waals surface area contributed by atoms with Gasteiger partial charge in [0.2, 0.25) is 0 Å². The Bertz CT molecular complexity index is 612. The van der Waals surface area contributed by atoms with E-state index in [9.17, 15) is 4.39 Å². The van der Waals surface area contributed by atoms with Crippen molar-refractivity contribution in [1.82, 2.24) is 20.0 Å². The minimum atomic E-state index is -0.198. The molecule has 1 atom stereocenters. The van der Waals surface area contributed by atoms with Crippen LogP contribution in [0.4, 0.5) is 4.39 Å². The van der Waals surface area contributed by atoms with E-state index in [0.717, 1.165) is 31.1 Å². The highest BCUT2D eigenvalue weighted by molar-refractivity contribution is 5.85. The summed E-state index contributed by atoms with van der Waals surface area (Å²) < 4.78 is 14.9. The highest BCUT2D eigenvalue weighted by Crippen LogP contribution is 2.18. The molecule has 0 amide bonds. The zero-order chi connectivity index (χ0) is 16.1. The molecule has 0 aliphatic carbocycles. The Hall–Kier alpha value is -1.43. The summed E-state index contributed by atoms with van der Waals surface area (Å²) in [6.45, 7) is 5.07. The summed E-state index contributed by atoms with van der Waals surface area (Å²) in [6.07, 6.45) is 6.65. The van der Waals surface area contributed by atoms with Crippen LogP contribution in [0.15, 0.2) is 36.7 Å². The molecule has 2 aromatic rings. The lowest BCUT2D eigenvalue weighted by Gasteiger charge is -2.32. The number of aromatic nitrogens is 2. The van der Waals surface area contributed by atoms with Gasteiger partial charge in [0.15, 0.2) is 0 Å². The van der Waals surface area contributed by atoms with Crippen LogP contribution in [0.25, 0.3) is 0 Å². The largest absolute Gasteiger partial charge is 0.319 e. The van der Waals surface area contributed by atoms with Gasteiger partial charge in [-0.25, -0.2) is 4.39 Å². The number of benzene rings is 1. The van der Waals surface area contributed by atoms with Crippen molar-refractivity contribution in [3.63, 3.8) is 0 Å². The van der Waals surface area contributed by atoms with E-state index in [0.29, 0.717) is 6.54 Å². The molecule has 1 aromatic heterocycles. The zero-order valence-electron chi connectivity index (χ0n) is 14.1. The Morgan fingerprint density at radius 2 is 2.00 bits per heavy atom. The lowest BCUT2D eigenvalue weighted by Crippen LogP contribution is -2.38. The molecule has 2 heterocycles. The third kappa shape index (κ3) is 5.30. The topological polar surface area (TPSA) is 33.1 Å². The van der Waals surface area contributed by atoms with Crippen LogP contribution < -0.4 is 5.32 Å². The van der Waals surface area contributed by atoms with Crippen LogP contribution in [0.1, 0.15) is 24.0 Å². The number of halogens is 2. The van der Waals surface area contributed by atoms with Gasteiger partial charge in [-0.15, -0.1) is 12.4 Å². The van der Waals surface area contributed by atoms with E-state index in [2.05, 4.69) is 21.5 Å². The van der Waals surface area contributed by atoms with Gasteiger partial charge in [0, 0.05) is 24.8 Å². The number of hydrogen-bond acceptors (Lipinski definition) is 3. The van der Waals surface area contributed by atoms with Crippen molar-refractivity contribution in [2.75, 3.05) is 26.7 Å². The molecule has 1 fully saturated rings. The summed E-state index contributed by atoms with van der Waals surface area (Å²) >= 11 is 0. The van der Waals surface area contributed by atoms with Crippen molar-refractivity contribution in [1.29, 1.82) is 0 Å². The van der Waals surface area contributed by atoms with Crippen LogP contribution in [0.2, 0.25) is 0 Å². The number of piperidine rings is 1. The van der Waals surface area contributed by atoms with Crippen molar-refractivity contribution in [2.45, 2.75) is 25.9 Å². The molecule has 4 nitrogen and oxygen atoms in total. The van der Waals surface area contributed by atoms with Crippen LogP contribution >= 0.6 is 12.4 Å². The maximum atomic E-state index is 12.9. The van der Waals surface area contributed by atoms with Gasteiger partial charge in [0.1, 0.15) is 5.82 Å². The molecule has 1 aromatic carbocycles. The molecule has 0 spiro atoms. The monoisotopic (exact) mass is 352 g/mol. The number of nitrogens with one attached hydrogen (secondary N) is 1. The smallest absolute Gasteiger partial charge is 0.123 e. The van der Waals surface area contributed by atoms with Crippen molar-refractivity contribution in [3.8, 4) is 0 Å². The van der Waals surface area contributed by atoms with Gasteiger partial charge in [-0.05, 0) is 56.6 Å². The Labute approximate surface area is 149 Å². The molecule has 24 heavy (non-hydrogen) atoms. The summed E-state index contributed by atoms with van der Waals surface area (Å²) in [7, 11) is 2.03. The summed E-state index contributed by atoms with van der Waals surface area (Å²) in [4.78, 5) is 2.52. The minimum absolute atomic E-state index is 0. The van der Waals surface area contributed by atoms with Gasteiger partial charge in [-0.3, -0.25) is 9.58 Å².